The summed E-state index contributed by atoms with van der Waals surface area (Å²) >= 11 is 1.38. The van der Waals surface area contributed by atoms with Crippen LogP contribution in [0.1, 0.15) is 39.5 Å². The summed E-state index contributed by atoms with van der Waals surface area (Å²) in [5, 5.41) is 10.4. The van der Waals surface area contributed by atoms with Gasteiger partial charge in [-0.3, -0.25) is 19.8 Å². The van der Waals surface area contributed by atoms with Gasteiger partial charge in [0.25, 0.3) is 5.91 Å². The van der Waals surface area contributed by atoms with Crippen molar-refractivity contribution in [3.63, 3.8) is 0 Å². The molecule has 2 aromatic rings. The Morgan fingerprint density at radius 1 is 1.52 bits per heavy atom. The first-order valence-electron chi connectivity index (χ1n) is 8.03. The van der Waals surface area contributed by atoms with Gasteiger partial charge in [0.15, 0.2) is 0 Å². The highest BCUT2D eigenvalue weighted by atomic mass is 32.1. The molecule has 2 N–H and O–H groups in total. The first kappa shape index (κ1) is 16.1. The number of amides is 1. The van der Waals surface area contributed by atoms with Crippen LogP contribution in [0.5, 0.6) is 0 Å². The fraction of sp³-hybridized carbons (Fsp3) is 0.562. The molecule has 1 amide bonds. The van der Waals surface area contributed by atoms with Crippen LogP contribution < -0.4 is 5.32 Å². The van der Waals surface area contributed by atoms with Crippen LogP contribution in [0.2, 0.25) is 0 Å². The van der Waals surface area contributed by atoms with Gasteiger partial charge in [0.1, 0.15) is 4.88 Å². The van der Waals surface area contributed by atoms with Gasteiger partial charge >= 0.3 is 0 Å². The molecule has 7 heteroatoms. The Hall–Kier alpha value is -1.73. The first-order valence-corrected chi connectivity index (χ1v) is 8.91. The van der Waals surface area contributed by atoms with Crippen LogP contribution in [0, 0.1) is 19.8 Å². The van der Waals surface area contributed by atoms with E-state index < -0.39 is 0 Å². The van der Waals surface area contributed by atoms with Gasteiger partial charge in [-0.05, 0) is 39.2 Å². The Morgan fingerprint density at radius 3 is 3.09 bits per heavy atom. The third kappa shape index (κ3) is 3.97. The Kier molecular flexibility index (Phi) is 5.07. The molecular weight excluding hydrogens is 310 g/mol. The molecule has 0 aliphatic carbocycles. The van der Waals surface area contributed by atoms with E-state index >= 15 is 0 Å². The molecule has 1 atom stereocenters. The van der Waals surface area contributed by atoms with Crippen LogP contribution in [-0.2, 0) is 6.54 Å². The number of aryl methyl sites for hydroxylation is 2. The zero-order chi connectivity index (χ0) is 16.2. The van der Waals surface area contributed by atoms with Gasteiger partial charge in [-0.1, -0.05) is 0 Å². The second-order valence-corrected chi connectivity index (χ2v) is 7.12. The minimum atomic E-state index is -0.00820. The quantitative estimate of drug-likeness (QED) is 0.879. The molecule has 0 spiro atoms. The van der Waals surface area contributed by atoms with Crippen molar-refractivity contribution in [1.82, 2.24) is 25.4 Å². The molecule has 0 radical (unpaired) electrons. The smallest absolute Gasteiger partial charge is 0.263 e. The molecule has 124 valence electrons. The average Bonchev–Trinajstić information content (AvgIpc) is 3.19. The summed E-state index contributed by atoms with van der Waals surface area (Å²) in [7, 11) is 0. The van der Waals surface area contributed by atoms with Gasteiger partial charge in [0, 0.05) is 30.9 Å². The molecule has 1 saturated heterocycles. The lowest BCUT2D eigenvalue weighted by Gasteiger charge is -2.32. The van der Waals surface area contributed by atoms with Crippen molar-refractivity contribution in [3.8, 4) is 0 Å². The normalized spacial score (nSPS) is 19.0. The largest absolute Gasteiger partial charge is 0.351 e. The molecule has 23 heavy (non-hydrogen) atoms. The Bertz CT molecular complexity index is 632. The topological polar surface area (TPSA) is 73.9 Å². The molecule has 1 aliphatic heterocycles. The summed E-state index contributed by atoms with van der Waals surface area (Å²) < 4.78 is 0. The lowest BCUT2D eigenvalue weighted by atomic mass is 9.97. The lowest BCUT2D eigenvalue weighted by Crippen LogP contribution is -2.40. The third-order valence-electron chi connectivity index (χ3n) is 4.47. The number of hydrogen-bond acceptors (Lipinski definition) is 5. The number of carbonyl (C=O) groups excluding carboxylic acids is 1. The molecule has 3 rings (SSSR count). The van der Waals surface area contributed by atoms with Crippen molar-refractivity contribution in [2.75, 3.05) is 19.6 Å². The maximum atomic E-state index is 12.0. The fourth-order valence-corrected chi connectivity index (χ4v) is 3.68. The van der Waals surface area contributed by atoms with Gasteiger partial charge in [-0.25, -0.2) is 0 Å². The van der Waals surface area contributed by atoms with Crippen molar-refractivity contribution >= 4 is 17.2 Å². The van der Waals surface area contributed by atoms with E-state index in [-0.39, 0.29) is 5.91 Å². The van der Waals surface area contributed by atoms with Gasteiger partial charge in [-0.15, -0.1) is 11.3 Å². The summed E-state index contributed by atoms with van der Waals surface area (Å²) in [6.07, 6.45) is 3.97. The van der Waals surface area contributed by atoms with E-state index in [9.17, 15) is 4.79 Å². The Morgan fingerprint density at radius 2 is 2.39 bits per heavy atom. The van der Waals surface area contributed by atoms with E-state index in [1.54, 1.807) is 11.7 Å². The number of thiazole rings is 1. The van der Waals surface area contributed by atoms with Gasteiger partial charge in [0.2, 0.25) is 0 Å². The van der Waals surface area contributed by atoms with Crippen molar-refractivity contribution in [2.24, 2.45) is 5.92 Å². The number of hydrogen-bond donors (Lipinski definition) is 2. The van der Waals surface area contributed by atoms with Crippen LogP contribution in [0.25, 0.3) is 0 Å². The number of likely N-dealkylation sites (tertiary alicyclic amines) is 1. The van der Waals surface area contributed by atoms with E-state index in [1.807, 2.05) is 0 Å². The number of aromatic amines is 1. The Labute approximate surface area is 140 Å². The molecule has 1 aliphatic rings. The zero-order valence-corrected chi connectivity index (χ0v) is 14.4. The summed E-state index contributed by atoms with van der Waals surface area (Å²) in [5.74, 6) is 0.499. The van der Waals surface area contributed by atoms with E-state index in [4.69, 9.17) is 0 Å². The predicted octanol–water partition coefficient (Wildman–Crippen LogP) is 2.13. The second kappa shape index (κ2) is 7.23. The van der Waals surface area contributed by atoms with Crippen molar-refractivity contribution in [1.29, 1.82) is 0 Å². The summed E-state index contributed by atoms with van der Waals surface area (Å²) in [6, 6.07) is 0. The number of carbonyl (C=O) groups is 1. The highest BCUT2D eigenvalue weighted by Crippen LogP contribution is 2.20. The predicted molar refractivity (Wildman–Crippen MR) is 90.5 cm³/mol. The summed E-state index contributed by atoms with van der Waals surface area (Å²) in [6.45, 7) is 7.93. The number of nitrogens with zero attached hydrogens (tertiary/aromatic N) is 3. The van der Waals surface area contributed by atoms with Crippen LogP contribution in [0.4, 0.5) is 0 Å². The van der Waals surface area contributed by atoms with E-state index in [1.165, 1.54) is 29.7 Å². The van der Waals surface area contributed by atoms with Gasteiger partial charge in [0.05, 0.1) is 17.4 Å². The molecular formula is C16H23N5OS. The number of nitrogens with one attached hydrogen (secondary N) is 2. The molecule has 1 unspecified atom stereocenters. The second-order valence-electron chi connectivity index (χ2n) is 6.23. The van der Waals surface area contributed by atoms with E-state index in [0.717, 1.165) is 37.6 Å². The van der Waals surface area contributed by atoms with Crippen LogP contribution >= 0.6 is 11.3 Å². The Balaban J connectivity index is 1.51. The number of aromatic nitrogens is 3. The summed E-state index contributed by atoms with van der Waals surface area (Å²) in [4.78, 5) is 19.1. The maximum absolute atomic E-state index is 12.0. The SMILES string of the molecule is Cc1n[nH]c(C)c1CN1CCCC(CNC(=O)c2cncs2)C1. The molecule has 2 aromatic heterocycles. The lowest BCUT2D eigenvalue weighted by molar-refractivity contribution is 0.0934. The van der Waals surface area contributed by atoms with Crippen molar-refractivity contribution in [3.05, 3.63) is 33.5 Å². The summed E-state index contributed by atoms with van der Waals surface area (Å²) in [5.41, 5.74) is 5.23. The van der Waals surface area contributed by atoms with E-state index in [0.29, 0.717) is 10.8 Å². The van der Waals surface area contributed by atoms with Crippen LogP contribution in [-0.4, -0.2) is 45.6 Å². The molecule has 1 fully saturated rings. The third-order valence-corrected chi connectivity index (χ3v) is 5.24. The fourth-order valence-electron chi connectivity index (χ4n) is 3.14. The molecule has 6 nitrogen and oxygen atoms in total. The minimum Gasteiger partial charge on any atom is -0.351 e. The number of piperidine rings is 1. The monoisotopic (exact) mass is 333 g/mol. The molecule has 0 saturated carbocycles. The van der Waals surface area contributed by atoms with E-state index in [2.05, 4.69) is 39.2 Å². The van der Waals surface area contributed by atoms with Crippen LogP contribution in [0.15, 0.2) is 11.7 Å². The van der Waals surface area contributed by atoms with Crippen molar-refractivity contribution < 1.29 is 4.79 Å². The molecule has 0 bridgehead atoms. The maximum Gasteiger partial charge on any atom is 0.263 e. The van der Waals surface area contributed by atoms with Gasteiger partial charge in [-0.2, -0.15) is 5.10 Å². The average molecular weight is 333 g/mol. The standard InChI is InChI=1S/C16H23N5OS/c1-11-14(12(2)20-19-11)9-21-5-3-4-13(8-21)6-18-16(22)15-7-17-10-23-15/h7,10,13H,3-6,8-9H2,1-2H3,(H,18,22)(H,19,20). The number of rotatable bonds is 5. The first-order chi connectivity index (χ1) is 11.1. The minimum absolute atomic E-state index is 0.00820. The van der Waals surface area contributed by atoms with Gasteiger partial charge < -0.3 is 5.32 Å². The van der Waals surface area contributed by atoms with Crippen LogP contribution in [0.3, 0.4) is 0 Å². The molecule has 0 aromatic carbocycles. The highest BCUT2D eigenvalue weighted by molar-refractivity contribution is 7.11. The van der Waals surface area contributed by atoms with Crippen molar-refractivity contribution in [2.45, 2.75) is 33.2 Å². The number of H-pyrrole nitrogens is 1. The molecule has 3 heterocycles. The zero-order valence-electron chi connectivity index (χ0n) is 13.6. The highest BCUT2D eigenvalue weighted by Gasteiger charge is 2.22.